The monoisotopic (exact) mass is 1180 g/mol. The summed E-state index contributed by atoms with van der Waals surface area (Å²) < 4.78 is 227. The van der Waals surface area contributed by atoms with Gasteiger partial charge in [0.05, 0.1) is 72.8 Å². The van der Waals surface area contributed by atoms with Gasteiger partial charge < -0.3 is 18.9 Å². The number of cyclic esters (lactones) is 2. The van der Waals surface area contributed by atoms with Crippen LogP contribution in [0.25, 0.3) is 0 Å². The van der Waals surface area contributed by atoms with Crippen LogP contribution in [0.5, 0.6) is 0 Å². The molecule has 0 aliphatic carbocycles. The van der Waals surface area contributed by atoms with Gasteiger partial charge in [-0.2, -0.15) is 16.8 Å². The van der Waals surface area contributed by atoms with Crippen molar-refractivity contribution in [1.82, 2.24) is 0 Å². The fourth-order valence-corrected chi connectivity index (χ4v) is 14.5. The van der Waals surface area contributed by atoms with Crippen molar-refractivity contribution in [2.75, 3.05) is 105 Å². The highest BCUT2D eigenvalue weighted by molar-refractivity contribution is 7.94. The highest BCUT2D eigenvalue weighted by atomic mass is 32.2. The molecule has 398 valence electrons. The normalized spacial score (nSPS) is 31.7. The number of carbonyl (C=O) groups is 1. The SMILES string of the molecule is C#CCS(=O)(=O)CC1COS(=O)O1.C=CS(=O)(=O)CC1COS(=O)O1.CS(=O)(=O)CC1COC(=O)O1.CS(=O)(=O)CC1COCO1.CS(=O)(=O)CC1COS(=O)O1.O=S1OC2CS(=O)(=O)CC2O1. The quantitative estimate of drug-likeness (QED) is 0.131. The molecule has 0 bridgehead atoms. The molecule has 39 heteroatoms. The van der Waals surface area contributed by atoms with Crippen LogP contribution in [0.4, 0.5) is 4.79 Å². The lowest BCUT2D eigenvalue weighted by Gasteiger charge is -2.03. The lowest BCUT2D eigenvalue weighted by Crippen LogP contribution is -2.24. The molecule has 7 rings (SSSR count). The Balaban J connectivity index is 0.000000280. The van der Waals surface area contributed by atoms with Crippen molar-refractivity contribution in [2.24, 2.45) is 0 Å². The summed E-state index contributed by atoms with van der Waals surface area (Å²) in [4.78, 5) is 10.3. The van der Waals surface area contributed by atoms with Gasteiger partial charge in [0.15, 0.2) is 45.5 Å². The summed E-state index contributed by atoms with van der Waals surface area (Å²) in [6.45, 7) is 3.93. The van der Waals surface area contributed by atoms with Gasteiger partial charge in [-0.25, -0.2) is 55.3 Å². The fourth-order valence-electron chi connectivity index (χ4n) is 5.03. The summed E-state index contributed by atoms with van der Waals surface area (Å²) in [5.41, 5.74) is 0. The Morgan fingerprint density at radius 1 is 0.618 bits per heavy atom. The maximum Gasteiger partial charge on any atom is 0.508 e. The smallest absolute Gasteiger partial charge is 0.430 e. The van der Waals surface area contributed by atoms with E-state index in [0.717, 1.165) is 17.9 Å². The lowest BCUT2D eigenvalue weighted by molar-refractivity contribution is 0.0521. The van der Waals surface area contributed by atoms with Crippen molar-refractivity contribution < 1.29 is 125 Å². The van der Waals surface area contributed by atoms with Crippen molar-refractivity contribution in [1.29, 1.82) is 0 Å². The van der Waals surface area contributed by atoms with Crippen LogP contribution in [0.1, 0.15) is 0 Å². The molecule has 10 atom stereocenters. The maximum atomic E-state index is 11.1. The number of ether oxygens (including phenoxy) is 4. The van der Waals surface area contributed by atoms with Crippen LogP contribution in [-0.2, 0) is 157 Å². The molecule has 10 unspecified atom stereocenters. The van der Waals surface area contributed by atoms with Crippen LogP contribution in [-0.4, -0.2) is 221 Å². The largest absolute Gasteiger partial charge is 0.508 e. The zero-order valence-corrected chi connectivity index (χ0v) is 43.9. The molecule has 0 amide bonds. The summed E-state index contributed by atoms with van der Waals surface area (Å²) in [5, 5.41) is 0.845. The second-order valence-corrected chi connectivity index (χ2v) is 30.4. The number of terminal acetylenes is 1. The van der Waals surface area contributed by atoms with Gasteiger partial charge in [0.1, 0.15) is 69.3 Å². The Morgan fingerprint density at radius 2 is 1.04 bits per heavy atom. The van der Waals surface area contributed by atoms with Gasteiger partial charge in [-0.3, -0.25) is 33.5 Å². The molecule has 0 N–H and O–H groups in total. The Bertz CT molecular complexity index is 2450. The molecule has 7 aliphatic heterocycles. The van der Waals surface area contributed by atoms with Crippen LogP contribution in [0.3, 0.4) is 0 Å². The standard InChI is InChI=1S/C6H8O5S2.C5H8O5S2.C5H8O5S.C5H10O4S.C4H6O5S2.C4H8O5S2/c1-2-3-13(8,9)5-6-4-10-12(7)11-6;1-2-12(7,8)4-5-3-9-11(6)10-5;1-11(7,8)3-4-2-9-5(6)10-4;1-10(6,7)3-5-2-8-4-9-5;5-10-8-3-1-11(6,7)2-4(3)9-10;1-11(6,7)3-4-2-8-10(5)9-4/h1,6H,3-5H2;2,5H,1,3-4H2;4H,2-3H2,1H3;5H,2-4H2,1H3;3-4H,1-2H2;4H,2-3H2,1H3. The number of fused-ring (bicyclic) bond motifs is 1. The zero-order valence-electron chi connectivity index (χ0n) is 35.7. The number of rotatable bonds is 12. The molecule has 29 nitrogen and oxygen atoms in total. The average Bonchev–Trinajstić information content (AvgIpc) is 4.05. The highest BCUT2D eigenvalue weighted by Crippen LogP contribution is 2.26. The molecular weight excluding hydrogens is 1130 g/mol. The van der Waals surface area contributed by atoms with Gasteiger partial charge in [0.25, 0.3) is 0 Å². The van der Waals surface area contributed by atoms with Crippen molar-refractivity contribution in [2.45, 2.75) is 42.7 Å². The molecule has 7 fully saturated rings. The van der Waals surface area contributed by atoms with E-state index in [-0.39, 0.29) is 85.3 Å². The molecule has 7 saturated heterocycles. The van der Waals surface area contributed by atoms with E-state index in [9.17, 15) is 72.1 Å². The Kier molecular flexibility index (Phi) is 25.8. The van der Waals surface area contributed by atoms with E-state index in [1.165, 1.54) is 6.26 Å². The molecule has 0 radical (unpaired) electrons. The van der Waals surface area contributed by atoms with E-state index < -0.39 is 147 Å². The molecule has 68 heavy (non-hydrogen) atoms. The molecule has 0 aromatic carbocycles. The second-order valence-electron chi connectivity index (χ2n) is 14.3. The minimum atomic E-state index is -3.31. The maximum absolute atomic E-state index is 11.1. The van der Waals surface area contributed by atoms with Crippen LogP contribution in [0, 0.1) is 12.3 Å². The minimum absolute atomic E-state index is 0.0242. The van der Waals surface area contributed by atoms with Gasteiger partial charge in [0, 0.05) is 24.2 Å². The predicted molar refractivity (Wildman–Crippen MR) is 236 cm³/mol. The summed E-state index contributed by atoms with van der Waals surface area (Å²) in [5.74, 6) is 0.840. The molecule has 0 saturated carbocycles. The molecule has 0 aromatic heterocycles. The first-order valence-electron chi connectivity index (χ1n) is 18.3. The van der Waals surface area contributed by atoms with Gasteiger partial charge >= 0.3 is 51.6 Å². The molecule has 7 heterocycles. The van der Waals surface area contributed by atoms with Gasteiger partial charge in [0.2, 0.25) is 0 Å². The topological polar surface area (TPSA) is 401 Å². The van der Waals surface area contributed by atoms with Crippen molar-refractivity contribution in [3.63, 3.8) is 0 Å². The highest BCUT2D eigenvalue weighted by Gasteiger charge is 2.46. The minimum Gasteiger partial charge on any atom is -0.430 e. The van der Waals surface area contributed by atoms with Gasteiger partial charge in [-0.15, -0.1) is 6.42 Å². The van der Waals surface area contributed by atoms with Crippen LogP contribution in [0.15, 0.2) is 12.0 Å². The summed E-state index contributed by atoms with van der Waals surface area (Å²) in [6, 6.07) is 0. The lowest BCUT2D eigenvalue weighted by atomic mass is 10.3. The fraction of sp³-hybridized carbons (Fsp3) is 0.828. The summed E-state index contributed by atoms with van der Waals surface area (Å²) in [7, 11) is -18.7. The number of sulfone groups is 6. The van der Waals surface area contributed by atoms with E-state index in [4.69, 9.17) is 24.3 Å². The summed E-state index contributed by atoms with van der Waals surface area (Å²) in [6.07, 6.45) is 3.63. The molecule has 0 aromatic rings. The van der Waals surface area contributed by atoms with E-state index in [0.29, 0.717) is 6.61 Å². The molecule has 7 aliphatic rings. The average molecular weight is 1180 g/mol. The Hall–Kier alpha value is -1.53. The van der Waals surface area contributed by atoms with E-state index in [1.54, 1.807) is 0 Å². The van der Waals surface area contributed by atoms with Gasteiger partial charge in [-0.1, -0.05) is 12.5 Å². The summed E-state index contributed by atoms with van der Waals surface area (Å²) >= 11 is -7.08. The first-order valence-corrected chi connectivity index (χ1v) is 33.9. The third-order valence-electron chi connectivity index (χ3n) is 7.57. The molecule has 0 spiro atoms. The zero-order chi connectivity index (χ0) is 51.7. The van der Waals surface area contributed by atoms with Crippen LogP contribution < -0.4 is 0 Å². The van der Waals surface area contributed by atoms with Crippen molar-refractivity contribution >= 4 is 111 Å². The first kappa shape index (κ1) is 62.6. The van der Waals surface area contributed by atoms with Crippen molar-refractivity contribution in [3.8, 4) is 12.3 Å². The predicted octanol–water partition coefficient (Wildman–Crippen LogP) is -4.66. The number of hydrogen-bond donors (Lipinski definition) is 0. The number of hydrogen-bond acceptors (Lipinski definition) is 29. The third-order valence-corrected chi connectivity index (χ3v) is 18.1. The first-order chi connectivity index (χ1) is 31.2. The second kappa shape index (κ2) is 28.1. The third kappa shape index (κ3) is 28.5. The Morgan fingerprint density at radius 3 is 1.40 bits per heavy atom. The van der Waals surface area contributed by atoms with E-state index in [2.05, 4.69) is 41.2 Å². The van der Waals surface area contributed by atoms with E-state index >= 15 is 0 Å². The van der Waals surface area contributed by atoms with E-state index in [1.807, 2.05) is 5.92 Å². The van der Waals surface area contributed by atoms with Gasteiger partial charge in [-0.05, 0) is 0 Å². The number of carbonyl (C=O) groups excluding carboxylic acids is 1. The van der Waals surface area contributed by atoms with Crippen LogP contribution in [0.2, 0.25) is 0 Å². The molecular formula is C29H48O29S10. The Labute approximate surface area is 404 Å². The van der Waals surface area contributed by atoms with Crippen molar-refractivity contribution in [3.05, 3.63) is 12.0 Å². The van der Waals surface area contributed by atoms with Crippen LogP contribution >= 0.6 is 0 Å².